The number of carbonyl (C=O) groups is 1. The van der Waals surface area contributed by atoms with E-state index >= 15 is 0 Å². The molecule has 0 bridgehead atoms. The molecule has 0 unspecified atom stereocenters. The first-order valence-corrected chi connectivity index (χ1v) is 11.4. The molecule has 6 rings (SSSR count). The van der Waals surface area contributed by atoms with Gasteiger partial charge in [-0.15, -0.1) is 0 Å². The molecule has 0 saturated heterocycles. The third kappa shape index (κ3) is 3.56. The van der Waals surface area contributed by atoms with Crippen molar-refractivity contribution in [2.45, 2.75) is 12.8 Å². The predicted octanol–water partition coefficient (Wildman–Crippen LogP) is 5.57. The number of anilines is 1. The highest BCUT2D eigenvalue weighted by Gasteiger charge is 2.32. The van der Waals surface area contributed by atoms with E-state index in [4.69, 9.17) is 4.74 Å². The highest BCUT2D eigenvalue weighted by Crippen LogP contribution is 2.44. The SMILES string of the molecule is Cc1nc2ccccc2c(=O)n1-c1ccc(NC(=O)C2c3ccccc3Oc3ccccc32)cc1. The van der Waals surface area contributed by atoms with E-state index in [0.29, 0.717) is 39.6 Å². The lowest BCUT2D eigenvalue weighted by Crippen LogP contribution is -2.25. The standard InChI is InChI=1S/C29H21N3O3/c1-18-30-24-11-5-2-8-21(24)29(34)32(18)20-16-14-19(15-17-20)31-28(33)27-22-9-3-6-12-25(22)35-26-13-7-4-10-23(26)27/h2-17,27H,1H3,(H,31,33). The number of nitrogens with one attached hydrogen (secondary N) is 1. The highest BCUT2D eigenvalue weighted by atomic mass is 16.5. The van der Waals surface area contributed by atoms with E-state index in [-0.39, 0.29) is 11.5 Å². The highest BCUT2D eigenvalue weighted by molar-refractivity contribution is 5.99. The summed E-state index contributed by atoms with van der Waals surface area (Å²) < 4.78 is 7.59. The Morgan fingerprint density at radius 2 is 1.43 bits per heavy atom. The molecule has 0 atom stereocenters. The number of carbonyl (C=O) groups excluding carboxylic acids is 1. The largest absolute Gasteiger partial charge is 0.457 e. The van der Waals surface area contributed by atoms with Crippen molar-refractivity contribution in [3.05, 3.63) is 124 Å². The van der Waals surface area contributed by atoms with Crippen LogP contribution in [0.2, 0.25) is 0 Å². The first-order chi connectivity index (χ1) is 17.1. The van der Waals surface area contributed by atoms with Gasteiger partial charge in [-0.3, -0.25) is 14.2 Å². The van der Waals surface area contributed by atoms with Gasteiger partial charge in [-0.2, -0.15) is 0 Å². The fourth-order valence-electron chi connectivity index (χ4n) is 4.65. The number of hydrogen-bond acceptors (Lipinski definition) is 4. The van der Waals surface area contributed by atoms with Crippen molar-refractivity contribution < 1.29 is 9.53 Å². The van der Waals surface area contributed by atoms with Gasteiger partial charge < -0.3 is 10.1 Å². The fourth-order valence-corrected chi connectivity index (χ4v) is 4.65. The van der Waals surface area contributed by atoms with E-state index < -0.39 is 5.92 Å². The van der Waals surface area contributed by atoms with Crippen LogP contribution in [0.4, 0.5) is 5.69 Å². The molecule has 0 aliphatic carbocycles. The summed E-state index contributed by atoms with van der Waals surface area (Å²) in [6, 6.07) is 29.7. The van der Waals surface area contributed by atoms with Crippen LogP contribution >= 0.6 is 0 Å². The van der Waals surface area contributed by atoms with Gasteiger partial charge in [0, 0.05) is 16.8 Å². The second-order valence-electron chi connectivity index (χ2n) is 8.46. The number of hydrogen-bond donors (Lipinski definition) is 1. The maximum Gasteiger partial charge on any atom is 0.265 e. The summed E-state index contributed by atoms with van der Waals surface area (Å²) in [5.41, 5.74) is 3.52. The van der Waals surface area contributed by atoms with Gasteiger partial charge in [0.25, 0.3) is 5.56 Å². The summed E-state index contributed by atoms with van der Waals surface area (Å²) in [4.78, 5) is 31.1. The van der Waals surface area contributed by atoms with Gasteiger partial charge in [0.05, 0.1) is 22.5 Å². The fraction of sp³-hybridized carbons (Fsp3) is 0.0690. The number of rotatable bonds is 3. The van der Waals surface area contributed by atoms with Crippen molar-refractivity contribution in [3.63, 3.8) is 0 Å². The van der Waals surface area contributed by atoms with Crippen molar-refractivity contribution in [1.82, 2.24) is 9.55 Å². The second kappa shape index (κ2) is 8.25. The van der Waals surface area contributed by atoms with E-state index in [2.05, 4.69) is 10.3 Å². The Hall–Kier alpha value is -4.71. The van der Waals surface area contributed by atoms with Crippen molar-refractivity contribution in [3.8, 4) is 17.2 Å². The van der Waals surface area contributed by atoms with Crippen molar-refractivity contribution in [1.29, 1.82) is 0 Å². The zero-order valence-electron chi connectivity index (χ0n) is 18.9. The number of aryl methyl sites for hydroxylation is 1. The molecule has 170 valence electrons. The zero-order chi connectivity index (χ0) is 23.9. The van der Waals surface area contributed by atoms with Crippen LogP contribution in [0.15, 0.2) is 102 Å². The van der Waals surface area contributed by atoms with Gasteiger partial charge >= 0.3 is 0 Å². The van der Waals surface area contributed by atoms with Crippen LogP contribution < -0.4 is 15.6 Å². The molecule has 0 fully saturated rings. The maximum absolute atomic E-state index is 13.5. The van der Waals surface area contributed by atoms with Crippen LogP contribution in [0.25, 0.3) is 16.6 Å². The van der Waals surface area contributed by atoms with Gasteiger partial charge in [-0.1, -0.05) is 48.5 Å². The molecule has 1 aromatic heterocycles. The molecule has 0 radical (unpaired) electrons. The van der Waals surface area contributed by atoms with Crippen LogP contribution in [-0.4, -0.2) is 15.5 Å². The molecule has 1 aliphatic rings. The number of para-hydroxylation sites is 3. The zero-order valence-corrected chi connectivity index (χ0v) is 18.9. The molecule has 6 heteroatoms. The second-order valence-corrected chi connectivity index (χ2v) is 8.46. The Balaban J connectivity index is 1.32. The number of nitrogens with zero attached hydrogens (tertiary/aromatic N) is 2. The number of benzene rings is 4. The average molecular weight is 460 g/mol. The number of fused-ring (bicyclic) bond motifs is 3. The van der Waals surface area contributed by atoms with Crippen molar-refractivity contribution in [2.75, 3.05) is 5.32 Å². The van der Waals surface area contributed by atoms with E-state index in [1.165, 1.54) is 0 Å². The topological polar surface area (TPSA) is 73.2 Å². The molecule has 1 aliphatic heterocycles. The molecule has 1 amide bonds. The number of amides is 1. The van der Waals surface area contributed by atoms with Crippen LogP contribution in [-0.2, 0) is 4.79 Å². The summed E-state index contributed by atoms with van der Waals surface area (Å²) in [5.74, 6) is 1.31. The minimum atomic E-state index is -0.495. The first kappa shape index (κ1) is 20.9. The van der Waals surface area contributed by atoms with Crippen LogP contribution in [0.3, 0.4) is 0 Å². The smallest absolute Gasteiger partial charge is 0.265 e. The lowest BCUT2D eigenvalue weighted by molar-refractivity contribution is -0.116. The van der Waals surface area contributed by atoms with Crippen molar-refractivity contribution >= 4 is 22.5 Å². The maximum atomic E-state index is 13.5. The molecule has 0 saturated carbocycles. The van der Waals surface area contributed by atoms with Gasteiger partial charge in [0.15, 0.2) is 0 Å². The van der Waals surface area contributed by atoms with E-state index in [1.807, 2.05) is 85.8 Å². The monoisotopic (exact) mass is 459 g/mol. The summed E-state index contributed by atoms with van der Waals surface area (Å²) in [7, 11) is 0. The Morgan fingerprint density at radius 3 is 2.11 bits per heavy atom. The van der Waals surface area contributed by atoms with E-state index in [1.54, 1.807) is 22.8 Å². The molecule has 35 heavy (non-hydrogen) atoms. The normalized spacial score (nSPS) is 12.5. The van der Waals surface area contributed by atoms with Crippen LogP contribution in [0, 0.1) is 6.92 Å². The summed E-state index contributed by atoms with van der Waals surface area (Å²) >= 11 is 0. The molecule has 4 aromatic carbocycles. The average Bonchev–Trinajstić information content (AvgIpc) is 2.88. The van der Waals surface area contributed by atoms with E-state index in [0.717, 1.165) is 11.1 Å². The Morgan fingerprint density at radius 1 is 0.829 bits per heavy atom. The van der Waals surface area contributed by atoms with Gasteiger partial charge in [0.1, 0.15) is 17.3 Å². The van der Waals surface area contributed by atoms with E-state index in [9.17, 15) is 9.59 Å². The molecule has 5 aromatic rings. The minimum absolute atomic E-state index is 0.125. The molecule has 1 N–H and O–H groups in total. The molecule has 0 spiro atoms. The molecular formula is C29H21N3O3. The van der Waals surface area contributed by atoms with Gasteiger partial charge in [-0.05, 0) is 55.5 Å². The van der Waals surface area contributed by atoms with Crippen LogP contribution in [0.1, 0.15) is 22.9 Å². The predicted molar refractivity (Wildman–Crippen MR) is 136 cm³/mol. The van der Waals surface area contributed by atoms with Crippen molar-refractivity contribution in [2.24, 2.45) is 0 Å². The third-order valence-corrected chi connectivity index (χ3v) is 6.28. The summed E-state index contributed by atoms with van der Waals surface area (Å²) in [5, 5.41) is 3.60. The van der Waals surface area contributed by atoms with Gasteiger partial charge in [0.2, 0.25) is 5.91 Å². The Labute approximate surface area is 201 Å². The molecule has 6 nitrogen and oxygen atoms in total. The van der Waals surface area contributed by atoms with Gasteiger partial charge in [-0.25, -0.2) is 4.98 Å². The Kier molecular flexibility index (Phi) is 4.92. The third-order valence-electron chi connectivity index (χ3n) is 6.28. The number of aromatic nitrogens is 2. The first-order valence-electron chi connectivity index (χ1n) is 11.4. The summed E-state index contributed by atoms with van der Waals surface area (Å²) in [6.45, 7) is 1.81. The minimum Gasteiger partial charge on any atom is -0.457 e. The summed E-state index contributed by atoms with van der Waals surface area (Å²) in [6.07, 6.45) is 0. The number of ether oxygens (including phenoxy) is 1. The quantitative estimate of drug-likeness (QED) is 0.383. The molecular weight excluding hydrogens is 438 g/mol. The Bertz CT molecular complexity index is 1610. The van der Waals surface area contributed by atoms with Crippen LogP contribution in [0.5, 0.6) is 11.5 Å². The lowest BCUT2D eigenvalue weighted by Gasteiger charge is -2.27. The lowest BCUT2D eigenvalue weighted by atomic mass is 9.87. The molecule has 2 heterocycles.